The Morgan fingerprint density at radius 1 is 1.48 bits per heavy atom. The van der Waals surface area contributed by atoms with E-state index in [2.05, 4.69) is 25.9 Å². The van der Waals surface area contributed by atoms with Gasteiger partial charge in [0.05, 0.1) is 6.54 Å². The van der Waals surface area contributed by atoms with Crippen molar-refractivity contribution in [2.45, 2.75) is 26.3 Å². The first-order valence-electron chi connectivity index (χ1n) is 8.25. The average Bonchev–Trinajstić information content (AvgIpc) is 3.00. The van der Waals surface area contributed by atoms with Gasteiger partial charge in [0.25, 0.3) is 0 Å². The van der Waals surface area contributed by atoms with Crippen LogP contribution in [0.25, 0.3) is 0 Å². The summed E-state index contributed by atoms with van der Waals surface area (Å²) >= 11 is 0. The minimum Gasteiger partial charge on any atom is -0.357 e. The Hall–Kier alpha value is -1.65. The van der Waals surface area contributed by atoms with Crippen LogP contribution >= 0.6 is 24.0 Å². The predicted molar refractivity (Wildman–Crippen MR) is 108 cm³/mol. The van der Waals surface area contributed by atoms with E-state index < -0.39 is 0 Å². The number of hydrogen-bond donors (Lipinski definition) is 3. The second-order valence-electron chi connectivity index (χ2n) is 5.63. The van der Waals surface area contributed by atoms with Crippen LogP contribution in [0.1, 0.15) is 20.3 Å². The van der Waals surface area contributed by atoms with Crippen molar-refractivity contribution in [3.05, 3.63) is 24.1 Å². The molecule has 1 unspecified atom stereocenters. The Labute approximate surface area is 164 Å². The fourth-order valence-electron chi connectivity index (χ4n) is 2.59. The zero-order valence-electron chi connectivity index (χ0n) is 14.6. The number of hydrogen-bond acceptors (Lipinski definition) is 4. The first-order chi connectivity index (χ1) is 11.6. The van der Waals surface area contributed by atoms with Gasteiger partial charge in [-0.25, -0.2) is 9.37 Å². The maximum Gasteiger partial charge on any atom is 0.216 e. The van der Waals surface area contributed by atoms with E-state index in [0.29, 0.717) is 31.4 Å². The van der Waals surface area contributed by atoms with Crippen LogP contribution in [-0.4, -0.2) is 55.6 Å². The van der Waals surface area contributed by atoms with Gasteiger partial charge in [-0.05, 0) is 25.5 Å². The lowest BCUT2D eigenvalue weighted by Gasteiger charge is -2.19. The third kappa shape index (κ3) is 7.00. The van der Waals surface area contributed by atoms with Crippen LogP contribution in [-0.2, 0) is 4.79 Å². The number of guanidine groups is 1. The van der Waals surface area contributed by atoms with E-state index in [9.17, 15) is 9.18 Å². The van der Waals surface area contributed by atoms with Gasteiger partial charge in [0.2, 0.25) is 5.91 Å². The molecule has 0 aromatic carbocycles. The number of rotatable bonds is 6. The second kappa shape index (κ2) is 11.1. The Morgan fingerprint density at radius 2 is 2.28 bits per heavy atom. The molecule has 1 aromatic heterocycles. The van der Waals surface area contributed by atoms with Crippen molar-refractivity contribution in [3.8, 4) is 0 Å². The summed E-state index contributed by atoms with van der Waals surface area (Å²) in [7, 11) is 0. The van der Waals surface area contributed by atoms with Crippen molar-refractivity contribution in [1.82, 2.24) is 20.9 Å². The molecule has 0 saturated carbocycles. The fourth-order valence-corrected chi connectivity index (χ4v) is 2.59. The maximum absolute atomic E-state index is 13.8. The molecule has 2 rings (SSSR count). The molecule has 3 N–H and O–H groups in total. The predicted octanol–water partition coefficient (Wildman–Crippen LogP) is 1.11. The van der Waals surface area contributed by atoms with Gasteiger partial charge in [0.15, 0.2) is 17.6 Å². The largest absolute Gasteiger partial charge is 0.357 e. The summed E-state index contributed by atoms with van der Waals surface area (Å²) in [5.74, 6) is 0.742. The van der Waals surface area contributed by atoms with Crippen molar-refractivity contribution in [3.63, 3.8) is 0 Å². The molecule has 7 nitrogen and oxygen atoms in total. The van der Waals surface area contributed by atoms with Crippen molar-refractivity contribution < 1.29 is 9.18 Å². The SMILES string of the molecule is CCNC(=NCCNC(C)=O)NC1CCN(c2ncccc2F)C1.I. The van der Waals surface area contributed by atoms with Gasteiger partial charge in [0.1, 0.15) is 0 Å². The molecule has 25 heavy (non-hydrogen) atoms. The molecule has 0 bridgehead atoms. The topological polar surface area (TPSA) is 81.6 Å². The standard InChI is InChI=1S/C16H25FN6O.HI/c1-3-18-16(21-9-8-19-12(2)24)22-13-6-10-23(11-13)15-14(17)5-4-7-20-15;/h4-5,7,13H,3,6,8-11H2,1-2H3,(H,19,24)(H2,18,21,22);1H. The van der Waals surface area contributed by atoms with Crippen molar-refractivity contribution in [1.29, 1.82) is 0 Å². The maximum atomic E-state index is 13.8. The Bertz CT molecular complexity index is 585. The van der Waals surface area contributed by atoms with E-state index in [-0.39, 0.29) is 41.7 Å². The van der Waals surface area contributed by atoms with Gasteiger partial charge in [-0.15, -0.1) is 24.0 Å². The number of nitrogens with zero attached hydrogens (tertiary/aromatic N) is 3. The second-order valence-corrected chi connectivity index (χ2v) is 5.63. The van der Waals surface area contributed by atoms with Gasteiger partial charge < -0.3 is 20.9 Å². The van der Waals surface area contributed by atoms with E-state index in [0.717, 1.165) is 19.5 Å². The molecule has 140 valence electrons. The summed E-state index contributed by atoms with van der Waals surface area (Å²) in [6, 6.07) is 3.19. The third-order valence-corrected chi connectivity index (χ3v) is 3.67. The van der Waals surface area contributed by atoms with Gasteiger partial charge >= 0.3 is 0 Å². The first kappa shape index (κ1) is 21.4. The number of carbonyl (C=O) groups excluding carboxylic acids is 1. The Morgan fingerprint density at radius 3 is 2.96 bits per heavy atom. The highest BCUT2D eigenvalue weighted by Gasteiger charge is 2.25. The van der Waals surface area contributed by atoms with E-state index in [4.69, 9.17) is 0 Å². The van der Waals surface area contributed by atoms with Crippen LogP contribution in [0.5, 0.6) is 0 Å². The quantitative estimate of drug-likeness (QED) is 0.255. The summed E-state index contributed by atoms with van der Waals surface area (Å²) in [5, 5.41) is 9.25. The summed E-state index contributed by atoms with van der Waals surface area (Å²) < 4.78 is 13.8. The van der Waals surface area contributed by atoms with E-state index in [1.54, 1.807) is 12.3 Å². The molecule has 2 heterocycles. The van der Waals surface area contributed by atoms with Gasteiger partial charge in [-0.2, -0.15) is 0 Å². The zero-order chi connectivity index (χ0) is 17.4. The van der Waals surface area contributed by atoms with Crippen LogP contribution in [0.2, 0.25) is 0 Å². The molecule has 1 atom stereocenters. The minimum atomic E-state index is -0.297. The Balaban J connectivity index is 0.00000312. The number of aliphatic imine (C=N–C) groups is 1. The van der Waals surface area contributed by atoms with E-state index in [1.807, 2.05) is 11.8 Å². The van der Waals surface area contributed by atoms with Crippen LogP contribution in [0.15, 0.2) is 23.3 Å². The molecule has 1 aromatic rings. The monoisotopic (exact) mass is 464 g/mol. The lowest BCUT2D eigenvalue weighted by Crippen LogP contribution is -2.45. The highest BCUT2D eigenvalue weighted by atomic mass is 127. The van der Waals surface area contributed by atoms with Gasteiger partial charge in [0, 0.05) is 45.3 Å². The van der Waals surface area contributed by atoms with Crippen molar-refractivity contribution >= 4 is 41.7 Å². The Kier molecular flexibility index (Phi) is 9.46. The number of amides is 1. The molecule has 1 amide bonds. The molecular weight excluding hydrogens is 438 g/mol. The molecule has 0 spiro atoms. The summed E-state index contributed by atoms with van der Waals surface area (Å²) in [4.78, 5) is 21.4. The summed E-state index contributed by atoms with van der Waals surface area (Å²) in [5.41, 5.74) is 0. The van der Waals surface area contributed by atoms with Crippen molar-refractivity contribution in [2.24, 2.45) is 4.99 Å². The normalized spacial score (nSPS) is 17.0. The molecule has 0 radical (unpaired) electrons. The molecule has 9 heteroatoms. The summed E-state index contributed by atoms with van der Waals surface area (Å²) in [6.45, 7) is 6.65. The van der Waals surface area contributed by atoms with E-state index in [1.165, 1.54) is 13.0 Å². The minimum absolute atomic E-state index is 0. The molecular formula is C16H26FIN6O. The lowest BCUT2D eigenvalue weighted by molar-refractivity contribution is -0.118. The zero-order valence-corrected chi connectivity index (χ0v) is 16.9. The number of halogens is 2. The number of anilines is 1. The fraction of sp³-hybridized carbons (Fsp3) is 0.562. The molecule has 1 aliphatic heterocycles. The molecule has 1 aliphatic rings. The average molecular weight is 464 g/mol. The summed E-state index contributed by atoms with van der Waals surface area (Å²) in [6.07, 6.45) is 2.48. The highest BCUT2D eigenvalue weighted by molar-refractivity contribution is 14.0. The van der Waals surface area contributed by atoms with Gasteiger partial charge in [-0.3, -0.25) is 9.79 Å². The number of pyridine rings is 1. The number of aromatic nitrogens is 1. The highest BCUT2D eigenvalue weighted by Crippen LogP contribution is 2.20. The van der Waals surface area contributed by atoms with Gasteiger partial charge in [-0.1, -0.05) is 0 Å². The van der Waals surface area contributed by atoms with Crippen LogP contribution < -0.4 is 20.9 Å². The van der Waals surface area contributed by atoms with Crippen molar-refractivity contribution in [2.75, 3.05) is 37.6 Å². The third-order valence-electron chi connectivity index (χ3n) is 3.67. The molecule has 0 aliphatic carbocycles. The van der Waals surface area contributed by atoms with Crippen LogP contribution in [0.4, 0.5) is 10.2 Å². The smallest absolute Gasteiger partial charge is 0.216 e. The molecule has 1 fully saturated rings. The van der Waals surface area contributed by atoms with E-state index >= 15 is 0 Å². The van der Waals surface area contributed by atoms with Crippen LogP contribution in [0, 0.1) is 5.82 Å². The molecule has 1 saturated heterocycles. The number of nitrogens with one attached hydrogen (secondary N) is 3. The number of carbonyl (C=O) groups is 1. The lowest BCUT2D eigenvalue weighted by atomic mass is 10.3. The first-order valence-corrected chi connectivity index (χ1v) is 8.25. The van der Waals surface area contributed by atoms with Crippen LogP contribution in [0.3, 0.4) is 0 Å².